The first-order valence-electron chi connectivity index (χ1n) is 9.45. The maximum absolute atomic E-state index is 12.5. The van der Waals surface area contributed by atoms with Gasteiger partial charge >= 0.3 is 0 Å². The van der Waals surface area contributed by atoms with E-state index in [0.29, 0.717) is 0 Å². The number of hydrogen-bond acceptors (Lipinski definition) is 4. The van der Waals surface area contributed by atoms with Gasteiger partial charge in [-0.05, 0) is 49.4 Å². The molecule has 1 saturated heterocycles. The Labute approximate surface area is 169 Å². The molecule has 1 aliphatic heterocycles. The van der Waals surface area contributed by atoms with Crippen LogP contribution in [0.5, 0.6) is 0 Å². The molecule has 0 saturated carbocycles. The van der Waals surface area contributed by atoms with Crippen LogP contribution < -0.4 is 10.2 Å². The second-order valence-electron chi connectivity index (χ2n) is 7.38. The molecule has 0 unspecified atom stereocenters. The fraction of sp³-hybridized carbons (Fsp3) is 0.381. The zero-order chi connectivity index (χ0) is 20.3. The molecule has 0 radical (unpaired) electrons. The number of anilines is 1. The van der Waals surface area contributed by atoms with E-state index in [1.165, 1.54) is 36.7 Å². The molecule has 6 nitrogen and oxygen atoms in total. The lowest BCUT2D eigenvalue weighted by atomic mass is 9.98. The first kappa shape index (κ1) is 20.1. The smallest absolute Gasteiger partial charge is 0.270 e. The summed E-state index contributed by atoms with van der Waals surface area (Å²) in [7, 11) is 0. The van der Waals surface area contributed by atoms with Crippen LogP contribution in [0.25, 0.3) is 0 Å². The average Bonchev–Trinajstić information content (AvgIpc) is 2.68. The molecule has 3 rings (SSSR count). The van der Waals surface area contributed by atoms with E-state index >= 15 is 0 Å². The Morgan fingerprint density at radius 1 is 1.21 bits per heavy atom. The molecule has 2 aromatic carbocycles. The van der Waals surface area contributed by atoms with Crippen LogP contribution in [0.15, 0.2) is 42.5 Å². The van der Waals surface area contributed by atoms with Gasteiger partial charge in [-0.15, -0.1) is 0 Å². The third-order valence-corrected chi connectivity index (χ3v) is 5.61. The Hall–Kier alpha value is -2.60. The van der Waals surface area contributed by atoms with Crippen LogP contribution in [0, 0.1) is 16.0 Å². The van der Waals surface area contributed by atoms with Crippen molar-refractivity contribution < 1.29 is 9.72 Å². The van der Waals surface area contributed by atoms with E-state index in [1.54, 1.807) is 0 Å². The number of hydrogen-bond donors (Lipinski definition) is 1. The molecule has 1 amide bonds. The Morgan fingerprint density at radius 2 is 1.86 bits per heavy atom. The minimum atomic E-state index is -0.541. The van der Waals surface area contributed by atoms with Gasteiger partial charge in [-0.1, -0.05) is 30.7 Å². The summed E-state index contributed by atoms with van der Waals surface area (Å²) >= 11 is 6.04. The Kier molecular flexibility index (Phi) is 6.19. The summed E-state index contributed by atoms with van der Waals surface area (Å²) in [4.78, 5) is 25.2. The largest absolute Gasteiger partial charge is 0.372 e. The van der Waals surface area contributed by atoms with Gasteiger partial charge in [0.15, 0.2) is 0 Å². The summed E-state index contributed by atoms with van der Waals surface area (Å²) < 4.78 is 0. The Morgan fingerprint density at radius 3 is 2.43 bits per heavy atom. The molecule has 28 heavy (non-hydrogen) atoms. The Balaban J connectivity index is 1.65. The number of nitrogens with zero attached hydrogens (tertiary/aromatic N) is 2. The molecule has 1 atom stereocenters. The van der Waals surface area contributed by atoms with Crippen LogP contribution in [0.2, 0.25) is 5.02 Å². The third kappa shape index (κ3) is 4.62. The van der Waals surface area contributed by atoms with Crippen LogP contribution >= 0.6 is 11.6 Å². The van der Waals surface area contributed by atoms with E-state index in [0.717, 1.165) is 24.6 Å². The number of amides is 1. The van der Waals surface area contributed by atoms with E-state index in [-0.39, 0.29) is 28.2 Å². The van der Waals surface area contributed by atoms with Crippen molar-refractivity contribution >= 4 is 28.9 Å². The van der Waals surface area contributed by atoms with Crippen LogP contribution in [-0.4, -0.2) is 23.9 Å². The highest BCUT2D eigenvalue weighted by atomic mass is 35.5. The minimum absolute atomic E-state index is 0.0635. The number of benzene rings is 2. The van der Waals surface area contributed by atoms with Crippen LogP contribution in [-0.2, 0) is 0 Å². The monoisotopic (exact) mass is 401 g/mol. The summed E-state index contributed by atoms with van der Waals surface area (Å²) in [6, 6.07) is 11.9. The molecule has 1 heterocycles. The van der Waals surface area contributed by atoms with Gasteiger partial charge in [-0.2, -0.15) is 0 Å². The van der Waals surface area contributed by atoms with Crippen molar-refractivity contribution in [1.82, 2.24) is 5.32 Å². The van der Waals surface area contributed by atoms with Crippen molar-refractivity contribution in [2.45, 2.75) is 32.7 Å². The van der Waals surface area contributed by atoms with Crippen molar-refractivity contribution in [2.24, 2.45) is 5.92 Å². The quantitative estimate of drug-likeness (QED) is 0.566. The molecule has 1 fully saturated rings. The average molecular weight is 402 g/mol. The maximum atomic E-state index is 12.5. The SMILES string of the molecule is CC1CCN(c2ccc([C@H](C)NC(=O)c3ccc([N+](=O)[O-])cc3Cl)cc2)CC1. The topological polar surface area (TPSA) is 75.5 Å². The molecular weight excluding hydrogens is 378 g/mol. The van der Waals surface area contributed by atoms with E-state index in [1.807, 2.05) is 19.1 Å². The standard InChI is InChI=1S/C21H24ClN3O3/c1-14-9-11-24(12-10-14)17-5-3-16(4-6-17)15(2)23-21(26)19-8-7-18(25(27)28)13-20(19)22/h3-8,13-15H,9-12H2,1-2H3,(H,23,26)/t15-/m0/s1. The van der Waals surface area contributed by atoms with Gasteiger partial charge in [0.2, 0.25) is 0 Å². The second kappa shape index (κ2) is 8.61. The molecule has 148 valence electrons. The lowest BCUT2D eigenvalue weighted by molar-refractivity contribution is -0.384. The van der Waals surface area contributed by atoms with Crippen molar-refractivity contribution in [2.75, 3.05) is 18.0 Å². The normalized spacial score (nSPS) is 15.9. The Bertz CT molecular complexity index is 862. The molecule has 0 aliphatic carbocycles. The first-order valence-corrected chi connectivity index (χ1v) is 9.82. The highest BCUT2D eigenvalue weighted by Crippen LogP contribution is 2.26. The number of piperidine rings is 1. The van der Waals surface area contributed by atoms with Crippen LogP contribution in [0.4, 0.5) is 11.4 Å². The highest BCUT2D eigenvalue weighted by Gasteiger charge is 2.19. The summed E-state index contributed by atoms with van der Waals surface area (Å²) in [6.45, 7) is 6.34. The maximum Gasteiger partial charge on any atom is 0.270 e. The van der Waals surface area contributed by atoms with E-state index < -0.39 is 4.92 Å². The fourth-order valence-electron chi connectivity index (χ4n) is 3.40. The number of carbonyl (C=O) groups is 1. The van der Waals surface area contributed by atoms with Crippen molar-refractivity contribution in [3.8, 4) is 0 Å². The summed E-state index contributed by atoms with van der Waals surface area (Å²) in [5.74, 6) is 0.429. The van der Waals surface area contributed by atoms with Gasteiger partial charge in [0.25, 0.3) is 11.6 Å². The number of nitrogens with one attached hydrogen (secondary N) is 1. The number of rotatable bonds is 5. The zero-order valence-corrected chi connectivity index (χ0v) is 16.8. The zero-order valence-electron chi connectivity index (χ0n) is 16.0. The van der Waals surface area contributed by atoms with Crippen LogP contribution in [0.1, 0.15) is 48.7 Å². The molecule has 0 spiro atoms. The third-order valence-electron chi connectivity index (χ3n) is 5.30. The fourth-order valence-corrected chi connectivity index (χ4v) is 3.66. The minimum Gasteiger partial charge on any atom is -0.372 e. The molecule has 0 aromatic heterocycles. The predicted molar refractivity (Wildman–Crippen MR) is 111 cm³/mol. The van der Waals surface area contributed by atoms with Crippen molar-refractivity contribution in [1.29, 1.82) is 0 Å². The van der Waals surface area contributed by atoms with Gasteiger partial charge in [0.1, 0.15) is 0 Å². The number of halogens is 1. The van der Waals surface area contributed by atoms with Gasteiger partial charge < -0.3 is 10.2 Å². The van der Waals surface area contributed by atoms with E-state index in [4.69, 9.17) is 11.6 Å². The van der Waals surface area contributed by atoms with Crippen molar-refractivity contribution in [3.63, 3.8) is 0 Å². The lowest BCUT2D eigenvalue weighted by Gasteiger charge is -2.32. The number of non-ortho nitro benzene ring substituents is 1. The summed E-state index contributed by atoms with van der Waals surface area (Å²) in [5.41, 5.74) is 2.27. The molecule has 1 aliphatic rings. The van der Waals surface area contributed by atoms with Gasteiger partial charge in [-0.25, -0.2) is 0 Å². The second-order valence-corrected chi connectivity index (χ2v) is 7.78. The lowest BCUT2D eigenvalue weighted by Crippen LogP contribution is -2.32. The van der Waals surface area contributed by atoms with E-state index in [9.17, 15) is 14.9 Å². The molecule has 2 aromatic rings. The highest BCUT2D eigenvalue weighted by molar-refractivity contribution is 6.34. The number of carbonyl (C=O) groups excluding carboxylic acids is 1. The summed E-state index contributed by atoms with van der Waals surface area (Å²) in [6.07, 6.45) is 2.43. The first-order chi connectivity index (χ1) is 13.3. The number of nitro benzene ring substituents is 1. The van der Waals surface area contributed by atoms with E-state index in [2.05, 4.69) is 29.3 Å². The van der Waals surface area contributed by atoms with Gasteiger partial charge in [0.05, 0.1) is 21.6 Å². The molecule has 0 bridgehead atoms. The predicted octanol–water partition coefficient (Wildman–Crippen LogP) is 4.98. The van der Waals surface area contributed by atoms with Gasteiger partial charge in [-0.3, -0.25) is 14.9 Å². The van der Waals surface area contributed by atoms with Crippen molar-refractivity contribution in [3.05, 3.63) is 68.7 Å². The van der Waals surface area contributed by atoms with Crippen LogP contribution in [0.3, 0.4) is 0 Å². The molecule has 7 heteroatoms. The van der Waals surface area contributed by atoms with Gasteiger partial charge in [0, 0.05) is 30.9 Å². The molecule has 1 N–H and O–H groups in total. The summed E-state index contributed by atoms with van der Waals surface area (Å²) in [5, 5.41) is 13.8. The molecular formula is C21H24ClN3O3. The number of nitro groups is 1.